The molecule has 0 radical (unpaired) electrons. The number of carbonyl (C=O) groups excluding carboxylic acids is 1. The fourth-order valence-electron chi connectivity index (χ4n) is 2.01. The molecule has 0 aromatic rings. The van der Waals surface area contributed by atoms with Crippen molar-refractivity contribution in [2.75, 3.05) is 13.1 Å². The summed E-state index contributed by atoms with van der Waals surface area (Å²) in [5, 5.41) is 0. The molecule has 1 aliphatic heterocycles. The van der Waals surface area contributed by atoms with Gasteiger partial charge in [0.1, 0.15) is 0 Å². The molecule has 0 bridgehead atoms. The van der Waals surface area contributed by atoms with E-state index in [1.165, 1.54) is 19.3 Å². The summed E-state index contributed by atoms with van der Waals surface area (Å²) in [6.07, 6.45) is 5.68. The molecule has 0 unspecified atom stereocenters. The molecule has 1 amide bonds. The zero-order valence-corrected chi connectivity index (χ0v) is 8.88. The Morgan fingerprint density at radius 3 is 2.15 bits per heavy atom. The van der Waals surface area contributed by atoms with Gasteiger partial charge >= 0.3 is 0 Å². The maximum Gasteiger partial charge on any atom is 0.225 e. The van der Waals surface area contributed by atoms with E-state index in [0.717, 1.165) is 25.9 Å². The summed E-state index contributed by atoms with van der Waals surface area (Å²) < 4.78 is 0. The van der Waals surface area contributed by atoms with Crippen molar-refractivity contribution < 1.29 is 4.79 Å². The van der Waals surface area contributed by atoms with Crippen molar-refractivity contribution in [3.8, 4) is 0 Å². The van der Waals surface area contributed by atoms with Crippen LogP contribution in [-0.2, 0) is 4.79 Å². The van der Waals surface area contributed by atoms with Gasteiger partial charge in [-0.25, -0.2) is 0 Å². The van der Waals surface area contributed by atoms with Crippen LogP contribution in [0.2, 0.25) is 0 Å². The summed E-state index contributed by atoms with van der Waals surface area (Å²) in [4.78, 5) is 13.9. The predicted molar refractivity (Wildman–Crippen MR) is 54.5 cm³/mol. The SMILES string of the molecule is CCC(CC)C(=O)N1CCCCC1. The van der Waals surface area contributed by atoms with E-state index in [9.17, 15) is 4.79 Å². The van der Waals surface area contributed by atoms with E-state index in [1.54, 1.807) is 0 Å². The van der Waals surface area contributed by atoms with Gasteiger partial charge in [-0.15, -0.1) is 0 Å². The Hall–Kier alpha value is -0.530. The summed E-state index contributed by atoms with van der Waals surface area (Å²) >= 11 is 0. The van der Waals surface area contributed by atoms with Gasteiger partial charge in [-0.1, -0.05) is 13.8 Å². The third-order valence-corrected chi connectivity index (χ3v) is 3.00. The van der Waals surface area contributed by atoms with Crippen LogP contribution in [0.4, 0.5) is 0 Å². The van der Waals surface area contributed by atoms with Crippen molar-refractivity contribution in [3.05, 3.63) is 0 Å². The zero-order chi connectivity index (χ0) is 9.68. The molecule has 1 saturated heterocycles. The van der Waals surface area contributed by atoms with E-state index < -0.39 is 0 Å². The van der Waals surface area contributed by atoms with Gasteiger partial charge < -0.3 is 4.90 Å². The minimum absolute atomic E-state index is 0.276. The third-order valence-electron chi connectivity index (χ3n) is 3.00. The Labute approximate surface area is 81.3 Å². The zero-order valence-electron chi connectivity index (χ0n) is 8.88. The smallest absolute Gasteiger partial charge is 0.225 e. The van der Waals surface area contributed by atoms with Gasteiger partial charge in [0.25, 0.3) is 0 Å². The number of rotatable bonds is 3. The molecule has 0 aromatic heterocycles. The second-order valence-corrected chi connectivity index (χ2v) is 3.90. The normalized spacial score (nSPS) is 17.9. The number of likely N-dealkylation sites (tertiary alicyclic amines) is 1. The van der Waals surface area contributed by atoms with Crippen LogP contribution in [-0.4, -0.2) is 23.9 Å². The molecule has 13 heavy (non-hydrogen) atoms. The van der Waals surface area contributed by atoms with Gasteiger partial charge in [-0.2, -0.15) is 0 Å². The first-order chi connectivity index (χ1) is 6.29. The highest BCUT2D eigenvalue weighted by molar-refractivity contribution is 5.78. The Balaban J connectivity index is 2.44. The Morgan fingerprint density at radius 2 is 1.69 bits per heavy atom. The summed E-state index contributed by atoms with van der Waals surface area (Å²) in [6.45, 7) is 6.21. The van der Waals surface area contributed by atoms with E-state index in [4.69, 9.17) is 0 Å². The summed E-state index contributed by atoms with van der Waals surface area (Å²) in [5.41, 5.74) is 0. The minimum atomic E-state index is 0.276. The number of amides is 1. The molecule has 1 rings (SSSR count). The molecule has 76 valence electrons. The Bertz CT molecular complexity index is 157. The van der Waals surface area contributed by atoms with Crippen molar-refractivity contribution in [1.82, 2.24) is 4.90 Å². The van der Waals surface area contributed by atoms with E-state index in [2.05, 4.69) is 18.7 Å². The lowest BCUT2D eigenvalue weighted by atomic mass is 10.00. The molecule has 1 aliphatic rings. The standard InChI is InChI=1S/C11H21NO/c1-3-10(4-2)11(13)12-8-6-5-7-9-12/h10H,3-9H2,1-2H3. The molecule has 0 atom stereocenters. The monoisotopic (exact) mass is 183 g/mol. The van der Waals surface area contributed by atoms with Crippen LogP contribution in [0.1, 0.15) is 46.0 Å². The number of carbonyl (C=O) groups is 1. The maximum atomic E-state index is 11.9. The Morgan fingerprint density at radius 1 is 1.15 bits per heavy atom. The highest BCUT2D eigenvalue weighted by Crippen LogP contribution is 2.16. The Kier molecular flexibility index (Phi) is 4.26. The van der Waals surface area contributed by atoms with Crippen LogP contribution in [0.15, 0.2) is 0 Å². The van der Waals surface area contributed by atoms with Crippen LogP contribution < -0.4 is 0 Å². The van der Waals surface area contributed by atoms with Crippen molar-refractivity contribution in [3.63, 3.8) is 0 Å². The van der Waals surface area contributed by atoms with Crippen LogP contribution in [0.25, 0.3) is 0 Å². The van der Waals surface area contributed by atoms with E-state index in [-0.39, 0.29) is 5.92 Å². The van der Waals surface area contributed by atoms with Gasteiger partial charge in [-0.05, 0) is 32.1 Å². The second-order valence-electron chi connectivity index (χ2n) is 3.90. The lowest BCUT2D eigenvalue weighted by Gasteiger charge is -2.29. The molecule has 0 aliphatic carbocycles. The van der Waals surface area contributed by atoms with E-state index >= 15 is 0 Å². The van der Waals surface area contributed by atoms with E-state index in [1.807, 2.05) is 0 Å². The lowest BCUT2D eigenvalue weighted by molar-refractivity contribution is -0.136. The van der Waals surface area contributed by atoms with Gasteiger partial charge in [0.15, 0.2) is 0 Å². The molecule has 0 aromatic carbocycles. The minimum Gasteiger partial charge on any atom is -0.342 e. The first-order valence-corrected chi connectivity index (χ1v) is 5.58. The predicted octanol–water partition coefficient (Wildman–Crippen LogP) is 2.44. The fourth-order valence-corrected chi connectivity index (χ4v) is 2.01. The topological polar surface area (TPSA) is 20.3 Å². The molecule has 2 nitrogen and oxygen atoms in total. The van der Waals surface area contributed by atoms with Crippen molar-refractivity contribution >= 4 is 5.91 Å². The second kappa shape index (κ2) is 5.25. The average molecular weight is 183 g/mol. The highest BCUT2D eigenvalue weighted by Gasteiger charge is 2.22. The molecule has 2 heteroatoms. The van der Waals surface area contributed by atoms with Gasteiger partial charge in [0, 0.05) is 19.0 Å². The van der Waals surface area contributed by atoms with Gasteiger partial charge in [-0.3, -0.25) is 4.79 Å². The highest BCUT2D eigenvalue weighted by atomic mass is 16.2. The van der Waals surface area contributed by atoms with Crippen LogP contribution >= 0.6 is 0 Å². The van der Waals surface area contributed by atoms with Crippen LogP contribution in [0, 0.1) is 5.92 Å². The number of nitrogens with zero attached hydrogens (tertiary/aromatic N) is 1. The van der Waals surface area contributed by atoms with Crippen LogP contribution in [0.5, 0.6) is 0 Å². The fraction of sp³-hybridized carbons (Fsp3) is 0.909. The molecule has 0 spiro atoms. The summed E-state index contributed by atoms with van der Waals surface area (Å²) in [5.74, 6) is 0.669. The maximum absolute atomic E-state index is 11.9. The van der Waals surface area contributed by atoms with Crippen LogP contribution in [0.3, 0.4) is 0 Å². The molecule has 1 fully saturated rings. The molecular weight excluding hydrogens is 162 g/mol. The quantitative estimate of drug-likeness (QED) is 0.658. The molecule has 0 N–H and O–H groups in total. The lowest BCUT2D eigenvalue weighted by Crippen LogP contribution is -2.39. The average Bonchev–Trinajstić information content (AvgIpc) is 2.21. The first-order valence-electron chi connectivity index (χ1n) is 5.58. The number of piperidine rings is 1. The molecule has 1 heterocycles. The van der Waals surface area contributed by atoms with Crippen molar-refractivity contribution in [2.45, 2.75) is 46.0 Å². The van der Waals surface area contributed by atoms with Gasteiger partial charge in [0.2, 0.25) is 5.91 Å². The largest absolute Gasteiger partial charge is 0.342 e. The number of hydrogen-bond donors (Lipinski definition) is 0. The van der Waals surface area contributed by atoms with Gasteiger partial charge in [0.05, 0.1) is 0 Å². The molecule has 0 saturated carbocycles. The van der Waals surface area contributed by atoms with Crippen molar-refractivity contribution in [1.29, 1.82) is 0 Å². The summed E-state index contributed by atoms with van der Waals surface area (Å²) in [6, 6.07) is 0. The molecular formula is C11H21NO. The third kappa shape index (κ3) is 2.71. The van der Waals surface area contributed by atoms with Crippen molar-refractivity contribution in [2.24, 2.45) is 5.92 Å². The van der Waals surface area contributed by atoms with E-state index in [0.29, 0.717) is 5.91 Å². The first kappa shape index (κ1) is 10.6. The summed E-state index contributed by atoms with van der Waals surface area (Å²) in [7, 11) is 0. The number of hydrogen-bond acceptors (Lipinski definition) is 1.